The minimum Gasteiger partial charge on any atom is -0.368 e. The van der Waals surface area contributed by atoms with Crippen molar-refractivity contribution >= 4 is 5.91 Å². The van der Waals surface area contributed by atoms with Gasteiger partial charge < -0.3 is 11.1 Å². The second kappa shape index (κ2) is 4.87. The third kappa shape index (κ3) is 2.49. The fraction of sp³-hybridized carbons (Fsp3) is 0.667. The van der Waals surface area contributed by atoms with Gasteiger partial charge >= 0.3 is 0 Å². The molecule has 1 heterocycles. The molecule has 1 aromatic rings. The monoisotopic (exact) mass is 236 g/mol. The zero-order valence-corrected chi connectivity index (χ0v) is 10.2. The summed E-state index contributed by atoms with van der Waals surface area (Å²) in [5.41, 5.74) is 5.00. The van der Waals surface area contributed by atoms with Gasteiger partial charge in [-0.25, -0.2) is 0 Å². The van der Waals surface area contributed by atoms with Gasteiger partial charge in [0, 0.05) is 12.4 Å². The molecule has 5 heteroatoms. The molecule has 17 heavy (non-hydrogen) atoms. The molecule has 1 fully saturated rings. The summed E-state index contributed by atoms with van der Waals surface area (Å²) in [6, 6.07) is 1.86. The molecule has 3 N–H and O–H groups in total. The number of nitrogens with zero attached hydrogens (tertiary/aromatic N) is 2. The third-order valence-corrected chi connectivity index (χ3v) is 3.38. The standard InChI is InChI=1S/C12H20N4O/c1-2-6-14-12(11(13)17,10-4-5-10)9-16-8-3-7-15-16/h3,7-8,10,14H,2,4-6,9H2,1H3,(H2,13,17). The molecule has 0 radical (unpaired) electrons. The Morgan fingerprint density at radius 3 is 2.88 bits per heavy atom. The molecule has 1 saturated carbocycles. The normalized spacial score (nSPS) is 18.9. The van der Waals surface area contributed by atoms with E-state index in [1.165, 1.54) is 0 Å². The quantitative estimate of drug-likeness (QED) is 0.724. The predicted molar refractivity (Wildman–Crippen MR) is 65.2 cm³/mol. The molecule has 0 bridgehead atoms. The number of carbonyl (C=O) groups is 1. The summed E-state index contributed by atoms with van der Waals surface area (Å²) in [6.07, 6.45) is 6.72. The van der Waals surface area contributed by atoms with Gasteiger partial charge in [0.25, 0.3) is 0 Å². The lowest BCUT2D eigenvalue weighted by atomic mass is 9.92. The van der Waals surface area contributed by atoms with Gasteiger partial charge in [-0.3, -0.25) is 9.48 Å². The zero-order valence-electron chi connectivity index (χ0n) is 10.2. The molecule has 5 nitrogen and oxygen atoms in total. The molecular weight excluding hydrogens is 216 g/mol. The summed E-state index contributed by atoms with van der Waals surface area (Å²) in [5, 5.41) is 7.52. The van der Waals surface area contributed by atoms with Crippen molar-refractivity contribution in [2.24, 2.45) is 11.7 Å². The maximum absolute atomic E-state index is 11.9. The van der Waals surface area contributed by atoms with E-state index < -0.39 is 5.54 Å². The molecule has 0 saturated heterocycles. The van der Waals surface area contributed by atoms with E-state index in [-0.39, 0.29) is 5.91 Å². The molecule has 1 amide bonds. The van der Waals surface area contributed by atoms with Crippen molar-refractivity contribution in [1.29, 1.82) is 0 Å². The Balaban J connectivity index is 2.17. The average Bonchev–Trinajstić information content (AvgIpc) is 3.04. The van der Waals surface area contributed by atoms with Gasteiger partial charge in [0.05, 0.1) is 6.54 Å². The van der Waals surface area contributed by atoms with Crippen LogP contribution in [-0.2, 0) is 11.3 Å². The van der Waals surface area contributed by atoms with E-state index in [4.69, 9.17) is 5.73 Å². The molecule has 1 aromatic heterocycles. The van der Waals surface area contributed by atoms with Gasteiger partial charge in [-0.15, -0.1) is 0 Å². The molecule has 0 spiro atoms. The Morgan fingerprint density at radius 2 is 2.41 bits per heavy atom. The van der Waals surface area contributed by atoms with Crippen LogP contribution in [0, 0.1) is 5.92 Å². The number of primary amides is 1. The fourth-order valence-electron chi connectivity index (χ4n) is 2.27. The van der Waals surface area contributed by atoms with Crippen LogP contribution in [0.4, 0.5) is 0 Å². The number of hydrogen-bond acceptors (Lipinski definition) is 3. The molecule has 94 valence electrons. The molecule has 0 aliphatic heterocycles. The first-order chi connectivity index (χ1) is 8.19. The van der Waals surface area contributed by atoms with Crippen LogP contribution in [0.15, 0.2) is 18.5 Å². The van der Waals surface area contributed by atoms with E-state index in [1.54, 1.807) is 10.9 Å². The first-order valence-corrected chi connectivity index (χ1v) is 6.21. The van der Waals surface area contributed by atoms with Crippen LogP contribution in [0.2, 0.25) is 0 Å². The summed E-state index contributed by atoms with van der Waals surface area (Å²) >= 11 is 0. The molecule has 1 atom stereocenters. The van der Waals surface area contributed by atoms with Crippen molar-refractivity contribution in [1.82, 2.24) is 15.1 Å². The van der Waals surface area contributed by atoms with E-state index in [1.807, 2.05) is 12.3 Å². The van der Waals surface area contributed by atoms with Crippen LogP contribution in [0.5, 0.6) is 0 Å². The van der Waals surface area contributed by atoms with E-state index in [9.17, 15) is 4.79 Å². The van der Waals surface area contributed by atoms with E-state index in [0.717, 1.165) is 25.8 Å². The summed E-state index contributed by atoms with van der Waals surface area (Å²) in [5.74, 6) is 0.0969. The Kier molecular flexibility index (Phi) is 3.47. The predicted octanol–water partition coefficient (Wildman–Crippen LogP) is 0.517. The maximum atomic E-state index is 11.9. The SMILES string of the molecule is CCCNC(Cn1cccn1)(C(N)=O)C1CC1. The number of rotatable bonds is 7. The summed E-state index contributed by atoms with van der Waals surface area (Å²) in [6.45, 7) is 3.42. The number of nitrogens with one attached hydrogen (secondary N) is 1. The molecule has 1 aliphatic carbocycles. The number of nitrogens with two attached hydrogens (primary N) is 1. The van der Waals surface area contributed by atoms with Crippen molar-refractivity contribution in [3.05, 3.63) is 18.5 Å². The second-order valence-electron chi connectivity index (χ2n) is 4.74. The fourth-order valence-corrected chi connectivity index (χ4v) is 2.27. The summed E-state index contributed by atoms with van der Waals surface area (Å²) in [7, 11) is 0. The van der Waals surface area contributed by atoms with Gasteiger partial charge in [0.15, 0.2) is 0 Å². The van der Waals surface area contributed by atoms with E-state index in [2.05, 4.69) is 17.3 Å². The number of aromatic nitrogens is 2. The first-order valence-electron chi connectivity index (χ1n) is 6.21. The molecule has 1 aliphatic rings. The highest BCUT2D eigenvalue weighted by Gasteiger charge is 2.49. The van der Waals surface area contributed by atoms with Crippen molar-refractivity contribution in [2.75, 3.05) is 6.54 Å². The van der Waals surface area contributed by atoms with Crippen LogP contribution < -0.4 is 11.1 Å². The highest BCUT2D eigenvalue weighted by molar-refractivity contribution is 5.85. The van der Waals surface area contributed by atoms with Gasteiger partial charge in [-0.2, -0.15) is 5.10 Å². The highest BCUT2D eigenvalue weighted by Crippen LogP contribution is 2.40. The number of hydrogen-bond donors (Lipinski definition) is 2. The van der Waals surface area contributed by atoms with Crippen LogP contribution in [0.1, 0.15) is 26.2 Å². The lowest BCUT2D eigenvalue weighted by Gasteiger charge is -2.32. The van der Waals surface area contributed by atoms with Crippen molar-refractivity contribution in [2.45, 2.75) is 38.3 Å². The average molecular weight is 236 g/mol. The van der Waals surface area contributed by atoms with Gasteiger partial charge in [-0.05, 0) is 37.8 Å². The van der Waals surface area contributed by atoms with Gasteiger partial charge in [-0.1, -0.05) is 6.92 Å². The lowest BCUT2D eigenvalue weighted by molar-refractivity contribution is -0.126. The van der Waals surface area contributed by atoms with Gasteiger partial charge in [0.1, 0.15) is 5.54 Å². The Labute approximate surface area is 101 Å². The van der Waals surface area contributed by atoms with Crippen LogP contribution in [0.3, 0.4) is 0 Å². The summed E-state index contributed by atoms with van der Waals surface area (Å²) in [4.78, 5) is 11.9. The van der Waals surface area contributed by atoms with E-state index >= 15 is 0 Å². The van der Waals surface area contributed by atoms with Crippen LogP contribution in [-0.4, -0.2) is 27.8 Å². The Bertz CT molecular complexity index is 372. The number of amides is 1. The van der Waals surface area contributed by atoms with Crippen molar-refractivity contribution in [3.63, 3.8) is 0 Å². The topological polar surface area (TPSA) is 72.9 Å². The smallest absolute Gasteiger partial charge is 0.239 e. The second-order valence-corrected chi connectivity index (χ2v) is 4.74. The van der Waals surface area contributed by atoms with Crippen LogP contribution >= 0.6 is 0 Å². The van der Waals surface area contributed by atoms with E-state index in [0.29, 0.717) is 12.5 Å². The molecule has 1 unspecified atom stereocenters. The Hall–Kier alpha value is -1.36. The van der Waals surface area contributed by atoms with Crippen LogP contribution in [0.25, 0.3) is 0 Å². The highest BCUT2D eigenvalue weighted by atomic mass is 16.1. The van der Waals surface area contributed by atoms with Crippen molar-refractivity contribution < 1.29 is 4.79 Å². The number of carbonyl (C=O) groups excluding carboxylic acids is 1. The third-order valence-electron chi connectivity index (χ3n) is 3.38. The molecule has 0 aromatic carbocycles. The lowest BCUT2D eigenvalue weighted by Crippen LogP contribution is -2.60. The van der Waals surface area contributed by atoms with Crippen molar-refractivity contribution in [3.8, 4) is 0 Å². The Morgan fingerprint density at radius 1 is 1.65 bits per heavy atom. The molecule has 2 rings (SSSR count). The maximum Gasteiger partial charge on any atom is 0.239 e. The van der Waals surface area contributed by atoms with Gasteiger partial charge in [0.2, 0.25) is 5.91 Å². The minimum absolute atomic E-state index is 0.260. The minimum atomic E-state index is -0.623. The largest absolute Gasteiger partial charge is 0.368 e. The summed E-state index contributed by atoms with van der Waals surface area (Å²) < 4.78 is 1.78. The molecular formula is C12H20N4O. The zero-order chi connectivity index (χ0) is 12.3. The first kappa shape index (κ1) is 12.1.